The van der Waals surface area contributed by atoms with Gasteiger partial charge in [0.25, 0.3) is 0 Å². The normalized spacial score (nSPS) is 12.7. The number of aliphatic carboxylic acids is 1. The molecule has 0 radical (unpaired) electrons. The number of rotatable bonds is 6. The molecule has 0 bridgehead atoms. The van der Waals surface area contributed by atoms with Crippen molar-refractivity contribution in [2.75, 3.05) is 17.8 Å². The lowest BCUT2D eigenvalue weighted by Gasteiger charge is -2.07. The van der Waals surface area contributed by atoms with E-state index in [0.717, 1.165) is 15.5 Å². The van der Waals surface area contributed by atoms with Gasteiger partial charge in [-0.15, -0.1) is 0 Å². The van der Waals surface area contributed by atoms with Gasteiger partial charge in [0.1, 0.15) is 0 Å². The number of carboxylic acid groups (broad SMARTS) is 1. The lowest BCUT2D eigenvalue weighted by Crippen LogP contribution is -2.08. The first-order valence-electron chi connectivity index (χ1n) is 5.78. The van der Waals surface area contributed by atoms with Crippen molar-refractivity contribution in [3.8, 4) is 0 Å². The topological polar surface area (TPSA) is 72.2 Å². The fourth-order valence-electron chi connectivity index (χ4n) is 1.75. The summed E-state index contributed by atoms with van der Waals surface area (Å²) < 4.78 is 14.1. The number of hydrogen-bond donors (Lipinski definition) is 1. The Hall–Kier alpha value is -0.860. The van der Waals surface area contributed by atoms with Crippen LogP contribution in [0.1, 0.15) is 0 Å². The molecule has 0 saturated heterocycles. The Kier molecular flexibility index (Phi) is 5.22. The van der Waals surface area contributed by atoms with Crippen molar-refractivity contribution in [2.24, 2.45) is 0 Å². The molecule has 1 aromatic heterocycles. The highest BCUT2D eigenvalue weighted by atomic mass is 79.9. The van der Waals surface area contributed by atoms with Crippen molar-refractivity contribution in [1.29, 1.82) is 0 Å². The van der Waals surface area contributed by atoms with E-state index in [0.29, 0.717) is 17.5 Å². The quantitative estimate of drug-likeness (QED) is 0.783. The molecule has 2 rings (SSSR count). The van der Waals surface area contributed by atoms with Gasteiger partial charge >= 0.3 is 5.97 Å². The second-order valence-corrected chi connectivity index (χ2v) is 7.55. The molecule has 1 heterocycles. The number of halogens is 1. The number of benzene rings is 1. The summed E-state index contributed by atoms with van der Waals surface area (Å²) in [6.45, 7) is 0.559. The first-order chi connectivity index (χ1) is 9.47. The summed E-state index contributed by atoms with van der Waals surface area (Å²) in [5, 5.41) is 9.43. The molecule has 1 atom stereocenters. The second kappa shape index (κ2) is 6.73. The maximum atomic E-state index is 11.3. The number of fused-ring (bicyclic) bond motifs is 1. The van der Waals surface area contributed by atoms with Gasteiger partial charge in [-0.05, 0) is 18.2 Å². The van der Waals surface area contributed by atoms with Crippen LogP contribution in [0.2, 0.25) is 0 Å². The molecular weight excluding hydrogens is 364 g/mol. The van der Waals surface area contributed by atoms with E-state index in [2.05, 4.69) is 20.9 Å². The van der Waals surface area contributed by atoms with Gasteiger partial charge in [0, 0.05) is 33.8 Å². The van der Waals surface area contributed by atoms with E-state index in [1.807, 2.05) is 22.8 Å². The molecule has 2 aromatic rings. The van der Waals surface area contributed by atoms with Crippen molar-refractivity contribution in [2.45, 2.75) is 11.7 Å². The van der Waals surface area contributed by atoms with Crippen LogP contribution in [-0.2, 0) is 22.1 Å². The molecule has 8 heteroatoms. The lowest BCUT2D eigenvalue weighted by atomic mass is 10.3. The van der Waals surface area contributed by atoms with Crippen LogP contribution in [0.5, 0.6) is 0 Å². The van der Waals surface area contributed by atoms with Crippen LogP contribution in [0.4, 0.5) is 0 Å². The van der Waals surface area contributed by atoms with E-state index in [-0.39, 0.29) is 5.75 Å². The molecule has 108 valence electrons. The van der Waals surface area contributed by atoms with Gasteiger partial charge in [0.2, 0.25) is 0 Å². The van der Waals surface area contributed by atoms with Crippen molar-refractivity contribution in [1.82, 2.24) is 9.55 Å². The Bertz CT molecular complexity index is 672. The van der Waals surface area contributed by atoms with E-state index in [1.54, 1.807) is 6.26 Å². The maximum absolute atomic E-state index is 11.3. The minimum Gasteiger partial charge on any atom is -0.481 e. The molecule has 1 unspecified atom stereocenters. The van der Waals surface area contributed by atoms with E-state index < -0.39 is 16.8 Å². The third-order valence-electron chi connectivity index (χ3n) is 2.60. The largest absolute Gasteiger partial charge is 0.481 e. The average molecular weight is 377 g/mol. The van der Waals surface area contributed by atoms with Gasteiger partial charge in [-0.2, -0.15) is 0 Å². The van der Waals surface area contributed by atoms with Gasteiger partial charge in [-0.3, -0.25) is 9.00 Å². The highest BCUT2D eigenvalue weighted by Crippen LogP contribution is 2.26. The van der Waals surface area contributed by atoms with Crippen LogP contribution in [0.25, 0.3) is 11.0 Å². The van der Waals surface area contributed by atoms with E-state index in [1.165, 1.54) is 11.8 Å². The Balaban J connectivity index is 2.39. The summed E-state index contributed by atoms with van der Waals surface area (Å²) in [5.41, 5.74) is 1.72. The van der Waals surface area contributed by atoms with Gasteiger partial charge in [-0.1, -0.05) is 27.7 Å². The summed E-state index contributed by atoms with van der Waals surface area (Å²) in [7, 11) is -0.902. The summed E-state index contributed by atoms with van der Waals surface area (Å²) >= 11 is 4.57. The molecule has 0 aliphatic rings. The highest BCUT2D eigenvalue weighted by molar-refractivity contribution is 9.10. The molecule has 0 saturated carbocycles. The molecular formula is C12H13BrN2O3S2. The van der Waals surface area contributed by atoms with E-state index >= 15 is 0 Å². The zero-order chi connectivity index (χ0) is 14.7. The molecule has 0 fully saturated rings. The molecule has 5 nitrogen and oxygen atoms in total. The molecule has 20 heavy (non-hydrogen) atoms. The van der Waals surface area contributed by atoms with Gasteiger partial charge < -0.3 is 9.67 Å². The fourth-order valence-corrected chi connectivity index (χ4v) is 3.30. The van der Waals surface area contributed by atoms with Crippen molar-refractivity contribution in [3.05, 3.63) is 22.7 Å². The molecule has 1 aromatic carbocycles. The number of aromatic nitrogens is 2. The Morgan fingerprint density at radius 2 is 2.30 bits per heavy atom. The van der Waals surface area contributed by atoms with Crippen molar-refractivity contribution >= 4 is 55.5 Å². The SMILES string of the molecule is CS(=O)CCn1c(SCC(=O)O)nc2cc(Br)ccc21. The number of hydrogen-bond acceptors (Lipinski definition) is 4. The van der Waals surface area contributed by atoms with Gasteiger partial charge in [-0.25, -0.2) is 4.98 Å². The molecule has 0 spiro atoms. The van der Waals surface area contributed by atoms with Gasteiger partial charge in [0.15, 0.2) is 5.16 Å². The summed E-state index contributed by atoms with van der Waals surface area (Å²) in [4.78, 5) is 15.2. The number of carbonyl (C=O) groups is 1. The summed E-state index contributed by atoms with van der Waals surface area (Å²) in [6.07, 6.45) is 1.65. The predicted molar refractivity (Wildman–Crippen MR) is 84.7 cm³/mol. The van der Waals surface area contributed by atoms with E-state index in [4.69, 9.17) is 5.11 Å². The summed E-state index contributed by atoms with van der Waals surface area (Å²) in [5.74, 6) is -0.407. The first kappa shape index (κ1) is 15.5. The van der Waals surface area contributed by atoms with Gasteiger partial charge in [0.05, 0.1) is 16.8 Å². The number of nitrogens with zero attached hydrogens (tertiary/aromatic N) is 2. The minimum atomic E-state index is -0.902. The smallest absolute Gasteiger partial charge is 0.313 e. The summed E-state index contributed by atoms with van der Waals surface area (Å²) in [6, 6.07) is 5.73. The van der Waals surface area contributed by atoms with Crippen LogP contribution in [0.15, 0.2) is 27.8 Å². The molecule has 0 aliphatic heterocycles. The Morgan fingerprint density at radius 1 is 1.55 bits per heavy atom. The minimum absolute atomic E-state index is 0.0420. The van der Waals surface area contributed by atoms with Crippen molar-refractivity contribution in [3.63, 3.8) is 0 Å². The van der Waals surface area contributed by atoms with Crippen LogP contribution in [-0.4, -0.2) is 42.6 Å². The third-order valence-corrected chi connectivity index (χ3v) is 4.81. The fraction of sp³-hybridized carbons (Fsp3) is 0.333. The number of carboxylic acids is 1. The second-order valence-electron chi connectivity index (χ2n) is 4.14. The highest BCUT2D eigenvalue weighted by Gasteiger charge is 2.13. The lowest BCUT2D eigenvalue weighted by molar-refractivity contribution is -0.133. The van der Waals surface area contributed by atoms with Crippen LogP contribution < -0.4 is 0 Å². The predicted octanol–water partition coefficient (Wildman–Crippen LogP) is 2.35. The number of thioether (sulfide) groups is 1. The monoisotopic (exact) mass is 376 g/mol. The molecule has 0 amide bonds. The Morgan fingerprint density at radius 3 is 2.95 bits per heavy atom. The Labute approximate surface area is 131 Å². The molecule has 0 aliphatic carbocycles. The van der Waals surface area contributed by atoms with Crippen LogP contribution >= 0.6 is 27.7 Å². The third kappa shape index (κ3) is 3.83. The van der Waals surface area contributed by atoms with Crippen LogP contribution in [0.3, 0.4) is 0 Å². The van der Waals surface area contributed by atoms with E-state index in [9.17, 15) is 9.00 Å². The average Bonchev–Trinajstić information content (AvgIpc) is 2.70. The zero-order valence-electron chi connectivity index (χ0n) is 10.7. The maximum Gasteiger partial charge on any atom is 0.313 e. The number of imidazole rings is 1. The van der Waals surface area contributed by atoms with Crippen LogP contribution in [0, 0.1) is 0 Å². The van der Waals surface area contributed by atoms with Crippen molar-refractivity contribution < 1.29 is 14.1 Å². The molecule has 1 N–H and O–H groups in total. The zero-order valence-corrected chi connectivity index (χ0v) is 13.9. The number of aryl methyl sites for hydroxylation is 1. The first-order valence-corrected chi connectivity index (χ1v) is 9.28. The standard InChI is InChI=1S/C12H13BrN2O3S2/c1-20(18)5-4-15-10-3-2-8(13)6-9(10)14-12(15)19-7-11(16)17/h2-3,6H,4-5,7H2,1H3,(H,16,17).